The topological polar surface area (TPSA) is 114 Å². The van der Waals surface area contributed by atoms with Crippen LogP contribution in [0.3, 0.4) is 0 Å². The first-order valence-electron chi connectivity index (χ1n) is 11.9. The molecule has 4 aliphatic rings. The van der Waals surface area contributed by atoms with Gasteiger partial charge in [-0.25, -0.2) is 0 Å². The average molecular weight is 489 g/mol. The number of ether oxygens (including phenoxy) is 2. The summed E-state index contributed by atoms with van der Waals surface area (Å²) in [6.07, 6.45) is -1.43. The van der Waals surface area contributed by atoms with Gasteiger partial charge in [-0.2, -0.15) is 0 Å². The van der Waals surface area contributed by atoms with Crippen molar-refractivity contribution in [3.05, 3.63) is 0 Å². The average Bonchev–Trinajstić information content (AvgIpc) is 3.55. The van der Waals surface area contributed by atoms with E-state index in [4.69, 9.17) is 4.74 Å². The van der Waals surface area contributed by atoms with Gasteiger partial charge in [0.1, 0.15) is 18.8 Å². The van der Waals surface area contributed by atoms with Crippen LogP contribution in [0.5, 0.6) is 0 Å². The van der Waals surface area contributed by atoms with E-state index in [1.54, 1.807) is 0 Å². The van der Waals surface area contributed by atoms with Gasteiger partial charge >= 0.3 is 6.36 Å². The molecule has 4 fully saturated rings. The Morgan fingerprint density at radius 1 is 1.18 bits per heavy atom. The maximum absolute atomic E-state index is 13.4. The number of carbonyl (C=O) groups is 4. The maximum atomic E-state index is 13.4. The molecule has 0 aromatic carbocycles. The lowest BCUT2D eigenvalue weighted by Gasteiger charge is -2.30. The van der Waals surface area contributed by atoms with E-state index >= 15 is 0 Å². The number of hydrogen-bond acceptors (Lipinski definition) is 6. The molecule has 0 aromatic rings. The largest absolute Gasteiger partial charge is 0.522 e. The van der Waals surface area contributed by atoms with E-state index in [0.29, 0.717) is 32.5 Å². The lowest BCUT2D eigenvalue weighted by Crippen LogP contribution is -2.55. The summed E-state index contributed by atoms with van der Waals surface area (Å²) >= 11 is 0. The second-order valence-electron chi connectivity index (χ2n) is 9.57. The Morgan fingerprint density at radius 3 is 2.62 bits per heavy atom. The molecule has 12 heteroatoms. The predicted octanol–water partition coefficient (Wildman–Crippen LogP) is 0.909. The first kappa shape index (κ1) is 24.9. The normalized spacial score (nSPS) is 31.9. The van der Waals surface area contributed by atoms with E-state index in [2.05, 4.69) is 15.4 Å². The number of amides is 3. The van der Waals surface area contributed by atoms with Crippen molar-refractivity contribution in [1.29, 1.82) is 0 Å². The fraction of sp³-hybridized carbons (Fsp3) is 0.818. The first-order valence-corrected chi connectivity index (χ1v) is 11.9. The van der Waals surface area contributed by atoms with Crippen molar-refractivity contribution in [2.24, 2.45) is 17.8 Å². The zero-order valence-corrected chi connectivity index (χ0v) is 18.8. The SMILES string of the molecule is O=C(N[C@@H](C[C@@H]1CCNC1=O)C(=O)COC(F)(F)F)C1[C@H]2CCC[C@H]2CN1C(=O)[C@H]1CCCO1. The summed E-state index contributed by atoms with van der Waals surface area (Å²) in [4.78, 5) is 52.7. The molecule has 1 unspecified atom stereocenters. The van der Waals surface area contributed by atoms with Crippen molar-refractivity contribution in [3.8, 4) is 0 Å². The van der Waals surface area contributed by atoms with Crippen LogP contribution in [0.25, 0.3) is 0 Å². The third-order valence-corrected chi connectivity index (χ3v) is 7.41. The van der Waals surface area contributed by atoms with Crippen LogP contribution in [0.15, 0.2) is 0 Å². The minimum absolute atomic E-state index is 0.0812. The van der Waals surface area contributed by atoms with Gasteiger partial charge in [-0.3, -0.25) is 23.9 Å². The predicted molar refractivity (Wildman–Crippen MR) is 110 cm³/mol. The molecule has 34 heavy (non-hydrogen) atoms. The summed E-state index contributed by atoms with van der Waals surface area (Å²) < 4.78 is 46.7. The van der Waals surface area contributed by atoms with Crippen LogP contribution in [0.4, 0.5) is 13.2 Å². The highest BCUT2D eigenvalue weighted by Crippen LogP contribution is 2.43. The molecule has 1 aliphatic carbocycles. The fourth-order valence-electron chi connectivity index (χ4n) is 5.76. The smallest absolute Gasteiger partial charge is 0.368 e. The van der Waals surface area contributed by atoms with E-state index < -0.39 is 48.8 Å². The van der Waals surface area contributed by atoms with Gasteiger partial charge in [-0.15, -0.1) is 13.2 Å². The van der Waals surface area contributed by atoms with Gasteiger partial charge in [-0.05, 0) is 50.4 Å². The molecule has 3 aliphatic heterocycles. The second-order valence-corrected chi connectivity index (χ2v) is 9.57. The minimum Gasteiger partial charge on any atom is -0.368 e. The van der Waals surface area contributed by atoms with E-state index in [1.165, 1.54) is 4.90 Å². The number of fused-ring (bicyclic) bond motifs is 1. The molecule has 0 bridgehead atoms. The van der Waals surface area contributed by atoms with Crippen molar-refractivity contribution in [2.45, 2.75) is 69.5 Å². The van der Waals surface area contributed by atoms with Crippen molar-refractivity contribution < 1.29 is 41.8 Å². The summed E-state index contributed by atoms with van der Waals surface area (Å²) in [7, 11) is 0. The fourth-order valence-corrected chi connectivity index (χ4v) is 5.76. The molecule has 0 spiro atoms. The van der Waals surface area contributed by atoms with Crippen LogP contribution >= 0.6 is 0 Å². The summed E-state index contributed by atoms with van der Waals surface area (Å²) in [5, 5.41) is 5.20. The molecule has 3 saturated heterocycles. The zero-order chi connectivity index (χ0) is 24.5. The molecule has 6 atom stereocenters. The first-order chi connectivity index (χ1) is 16.1. The minimum atomic E-state index is -5.00. The van der Waals surface area contributed by atoms with Crippen LogP contribution in [0.1, 0.15) is 44.9 Å². The molecular weight excluding hydrogens is 459 g/mol. The quantitative estimate of drug-likeness (QED) is 0.524. The number of nitrogens with one attached hydrogen (secondary N) is 2. The Hall–Kier alpha value is -2.21. The Balaban J connectivity index is 1.49. The highest BCUT2D eigenvalue weighted by Gasteiger charge is 2.51. The number of Topliss-reactive ketones (excluding diaryl/α,β-unsaturated/α-hetero) is 1. The third kappa shape index (κ3) is 5.54. The Kier molecular flexibility index (Phi) is 7.46. The van der Waals surface area contributed by atoms with Crippen LogP contribution in [0.2, 0.25) is 0 Å². The number of nitrogens with zero attached hydrogens (tertiary/aromatic N) is 1. The van der Waals surface area contributed by atoms with Crippen LogP contribution in [0, 0.1) is 17.8 Å². The lowest BCUT2D eigenvalue weighted by molar-refractivity contribution is -0.321. The zero-order valence-electron chi connectivity index (χ0n) is 18.8. The highest BCUT2D eigenvalue weighted by atomic mass is 19.4. The molecular formula is C22H30F3N3O6. The van der Waals surface area contributed by atoms with Crippen LogP contribution in [-0.2, 0) is 28.7 Å². The molecule has 3 amide bonds. The van der Waals surface area contributed by atoms with Crippen LogP contribution < -0.4 is 10.6 Å². The summed E-state index contributed by atoms with van der Waals surface area (Å²) in [5.74, 6) is -2.65. The van der Waals surface area contributed by atoms with Gasteiger partial charge in [0, 0.05) is 25.6 Å². The lowest BCUT2D eigenvalue weighted by atomic mass is 9.92. The number of ketones is 1. The summed E-state index contributed by atoms with van der Waals surface area (Å²) in [6.45, 7) is 0.0288. The molecule has 4 rings (SSSR count). The van der Waals surface area contributed by atoms with E-state index in [9.17, 15) is 32.3 Å². The molecule has 9 nitrogen and oxygen atoms in total. The van der Waals surface area contributed by atoms with Gasteiger partial charge in [-0.1, -0.05) is 6.42 Å². The number of carbonyl (C=O) groups excluding carboxylic acids is 4. The van der Waals surface area contributed by atoms with Gasteiger partial charge < -0.3 is 20.3 Å². The Morgan fingerprint density at radius 2 is 1.97 bits per heavy atom. The summed E-state index contributed by atoms with van der Waals surface area (Å²) in [5.41, 5.74) is 0. The van der Waals surface area contributed by atoms with Crippen molar-refractivity contribution in [1.82, 2.24) is 15.5 Å². The number of rotatable bonds is 8. The third-order valence-electron chi connectivity index (χ3n) is 7.41. The van der Waals surface area contributed by atoms with Crippen molar-refractivity contribution in [3.63, 3.8) is 0 Å². The van der Waals surface area contributed by atoms with Crippen molar-refractivity contribution in [2.75, 3.05) is 26.3 Å². The van der Waals surface area contributed by atoms with Gasteiger partial charge in [0.05, 0.1) is 6.04 Å². The number of halogens is 3. The Labute approximate surface area is 195 Å². The second kappa shape index (κ2) is 10.2. The molecule has 1 saturated carbocycles. The van der Waals surface area contributed by atoms with Crippen LogP contribution in [-0.4, -0.2) is 79.3 Å². The molecule has 0 radical (unpaired) electrons. The number of alkyl halides is 3. The van der Waals surface area contributed by atoms with Crippen molar-refractivity contribution >= 4 is 23.5 Å². The molecule has 3 heterocycles. The van der Waals surface area contributed by atoms with Gasteiger partial charge in [0.2, 0.25) is 11.8 Å². The summed E-state index contributed by atoms with van der Waals surface area (Å²) in [6, 6.07) is -2.15. The number of hydrogen-bond donors (Lipinski definition) is 2. The molecule has 2 N–H and O–H groups in total. The number of likely N-dealkylation sites (tertiary alicyclic amines) is 1. The van der Waals surface area contributed by atoms with E-state index in [1.807, 2.05) is 0 Å². The molecule has 190 valence electrons. The maximum Gasteiger partial charge on any atom is 0.522 e. The standard InChI is InChI=1S/C22H30F3N3O6/c23-22(24,25)34-11-16(29)15(9-12-6-7-26-19(12)30)27-20(31)18-14-4-1-3-13(14)10-28(18)21(32)17-5-2-8-33-17/h12-15,17-18H,1-11H2,(H,26,30)(H,27,31)/t12-,13-,14-,15-,17+,18?/m0/s1. The van der Waals surface area contributed by atoms with Gasteiger partial charge in [0.25, 0.3) is 5.91 Å². The molecule has 0 aromatic heterocycles. The highest BCUT2D eigenvalue weighted by molar-refractivity contribution is 5.95. The Bertz CT molecular complexity index is 816. The van der Waals surface area contributed by atoms with E-state index in [0.717, 1.165) is 25.7 Å². The van der Waals surface area contributed by atoms with Gasteiger partial charge in [0.15, 0.2) is 5.78 Å². The monoisotopic (exact) mass is 489 g/mol. The van der Waals surface area contributed by atoms with E-state index in [-0.39, 0.29) is 30.1 Å².